The molecule has 0 bridgehead atoms. The Bertz CT molecular complexity index is 2070. The van der Waals surface area contributed by atoms with Gasteiger partial charge in [-0.2, -0.15) is 13.2 Å². The highest BCUT2D eigenvalue weighted by Gasteiger charge is 2.33. The third-order valence-electron chi connectivity index (χ3n) is 6.43. The first-order valence-electron chi connectivity index (χ1n) is 12.0. The van der Waals surface area contributed by atoms with Crippen LogP contribution in [0.4, 0.5) is 13.2 Å². The van der Waals surface area contributed by atoms with Gasteiger partial charge in [0.15, 0.2) is 9.84 Å². The molecule has 1 N–H and O–H groups in total. The summed E-state index contributed by atoms with van der Waals surface area (Å²) < 4.78 is 72.8. The maximum absolute atomic E-state index is 13.4. The number of thiophene rings is 1. The lowest BCUT2D eigenvalue weighted by Crippen LogP contribution is -2.28. The number of benzene rings is 2. The molecule has 3 aromatic heterocycles. The van der Waals surface area contributed by atoms with Crippen molar-refractivity contribution in [3.63, 3.8) is 0 Å². The lowest BCUT2D eigenvalue weighted by Gasteiger charge is -2.16. The minimum Gasteiger partial charge on any atom is -0.491 e. The van der Waals surface area contributed by atoms with Crippen LogP contribution in [0.5, 0.6) is 5.75 Å². The number of carboxylic acids is 1. The van der Waals surface area contributed by atoms with Crippen molar-refractivity contribution in [2.45, 2.75) is 24.5 Å². The largest absolute Gasteiger partial charge is 0.491 e. The molecular weight excluding hydrogens is 619 g/mol. The molecule has 0 atom stereocenters. The topological polar surface area (TPSA) is 128 Å². The van der Waals surface area contributed by atoms with Gasteiger partial charge in [-0.1, -0.05) is 11.6 Å². The number of sulfone groups is 1. The number of aromatic nitrogens is 3. The number of carbonyl (C=O) groups is 1. The molecule has 0 saturated carbocycles. The number of halogens is 4. The van der Waals surface area contributed by atoms with Gasteiger partial charge in [-0.3, -0.25) is 14.3 Å². The number of aryl methyl sites for hydroxylation is 1. The minimum absolute atomic E-state index is 0.0517. The third-order valence-corrected chi connectivity index (χ3v) is 8.79. The van der Waals surface area contributed by atoms with Gasteiger partial charge in [0, 0.05) is 34.0 Å². The highest BCUT2D eigenvalue weighted by atomic mass is 35.5. The average molecular weight is 638 g/mol. The van der Waals surface area contributed by atoms with E-state index in [0.717, 1.165) is 10.8 Å². The molecule has 9 nitrogen and oxygen atoms in total. The molecule has 0 spiro atoms. The molecule has 5 aromatic rings. The lowest BCUT2D eigenvalue weighted by atomic mass is 10.0. The van der Waals surface area contributed by atoms with Gasteiger partial charge in [0.1, 0.15) is 18.2 Å². The van der Waals surface area contributed by atoms with E-state index < -0.39 is 43.4 Å². The summed E-state index contributed by atoms with van der Waals surface area (Å²) in [5.74, 6) is -0.711. The summed E-state index contributed by atoms with van der Waals surface area (Å²) in [7, 11) is -4.23. The Morgan fingerprint density at radius 1 is 1.17 bits per heavy atom. The Morgan fingerprint density at radius 3 is 2.57 bits per heavy atom. The van der Waals surface area contributed by atoms with Gasteiger partial charge in [-0.25, -0.2) is 18.2 Å². The highest BCUT2D eigenvalue weighted by molar-refractivity contribution is 7.91. The molecule has 0 aliphatic carbocycles. The number of carboxylic acid groups (broad SMARTS) is 1. The fourth-order valence-electron chi connectivity index (χ4n) is 4.52. The van der Waals surface area contributed by atoms with Crippen LogP contribution < -0.4 is 10.3 Å². The van der Waals surface area contributed by atoms with Gasteiger partial charge in [-0.05, 0) is 43.3 Å². The minimum atomic E-state index is -4.85. The predicted molar refractivity (Wildman–Crippen MR) is 151 cm³/mol. The van der Waals surface area contributed by atoms with Crippen LogP contribution >= 0.6 is 22.9 Å². The van der Waals surface area contributed by atoms with Crippen molar-refractivity contribution in [2.24, 2.45) is 0 Å². The van der Waals surface area contributed by atoms with Crippen LogP contribution in [0.3, 0.4) is 0 Å². The van der Waals surface area contributed by atoms with Crippen LogP contribution in [0.2, 0.25) is 5.02 Å². The van der Waals surface area contributed by atoms with Crippen molar-refractivity contribution in [1.29, 1.82) is 0 Å². The zero-order chi connectivity index (χ0) is 30.6. The van der Waals surface area contributed by atoms with Gasteiger partial charge in [-0.15, -0.1) is 11.3 Å². The first-order chi connectivity index (χ1) is 19.7. The molecule has 15 heteroatoms. The van der Waals surface area contributed by atoms with Crippen molar-refractivity contribution in [2.75, 3.05) is 12.9 Å². The molecule has 3 heterocycles. The zero-order valence-electron chi connectivity index (χ0n) is 21.7. The van der Waals surface area contributed by atoms with E-state index in [0.29, 0.717) is 44.2 Å². The molecule has 0 aliphatic rings. The van der Waals surface area contributed by atoms with Crippen LogP contribution in [0.25, 0.3) is 32.2 Å². The second kappa shape index (κ2) is 10.7. The highest BCUT2D eigenvalue weighted by Crippen LogP contribution is 2.39. The number of ether oxygens (including phenoxy) is 1. The molecule has 218 valence electrons. The van der Waals surface area contributed by atoms with E-state index >= 15 is 0 Å². The van der Waals surface area contributed by atoms with Crippen molar-refractivity contribution >= 4 is 59.9 Å². The van der Waals surface area contributed by atoms with Crippen LogP contribution in [-0.4, -0.2) is 46.9 Å². The maximum atomic E-state index is 13.4. The van der Waals surface area contributed by atoms with Gasteiger partial charge in [0.05, 0.1) is 43.7 Å². The molecule has 42 heavy (non-hydrogen) atoms. The lowest BCUT2D eigenvalue weighted by molar-refractivity contribution is -0.137. The normalized spacial score (nSPS) is 12.2. The SMILES string of the molecule is Cc1nc2cc(C(F)(F)F)cc(S(C)(=O)=O)c2c(=O)n1CCOc1ccc(Cl)cc1-c1ccnc2c(C(=O)O)csc12. The Kier molecular flexibility index (Phi) is 7.49. The van der Waals surface area contributed by atoms with Crippen LogP contribution in [0.1, 0.15) is 21.7 Å². The van der Waals surface area contributed by atoms with Crippen molar-refractivity contribution in [1.82, 2.24) is 14.5 Å². The van der Waals surface area contributed by atoms with E-state index in [9.17, 15) is 36.3 Å². The molecule has 0 fully saturated rings. The van der Waals surface area contributed by atoms with Gasteiger partial charge < -0.3 is 9.84 Å². The van der Waals surface area contributed by atoms with E-state index in [1.807, 2.05) is 0 Å². The van der Waals surface area contributed by atoms with Crippen LogP contribution in [-0.2, 0) is 22.6 Å². The number of aromatic carboxylic acids is 1. The Balaban J connectivity index is 1.52. The van der Waals surface area contributed by atoms with E-state index in [-0.39, 0.29) is 30.1 Å². The second-order valence-corrected chi connectivity index (χ2v) is 12.5. The average Bonchev–Trinajstić information content (AvgIpc) is 3.34. The Labute approximate surface area is 244 Å². The molecule has 0 unspecified atom stereocenters. The fraction of sp³-hybridized carbons (Fsp3) is 0.185. The third kappa shape index (κ3) is 5.44. The molecule has 0 saturated heterocycles. The summed E-state index contributed by atoms with van der Waals surface area (Å²) in [5.41, 5.74) is -0.941. The summed E-state index contributed by atoms with van der Waals surface area (Å²) in [6.45, 7) is 1.18. The van der Waals surface area contributed by atoms with Gasteiger partial charge >= 0.3 is 12.1 Å². The zero-order valence-corrected chi connectivity index (χ0v) is 24.1. The monoisotopic (exact) mass is 637 g/mol. The summed E-state index contributed by atoms with van der Waals surface area (Å²) in [4.78, 5) is 32.5. The molecule has 2 aromatic carbocycles. The summed E-state index contributed by atoms with van der Waals surface area (Å²) in [6, 6.07) is 7.60. The summed E-state index contributed by atoms with van der Waals surface area (Å²) >= 11 is 7.45. The number of nitrogens with zero attached hydrogens (tertiary/aromatic N) is 3. The number of hydrogen-bond donors (Lipinski definition) is 1. The summed E-state index contributed by atoms with van der Waals surface area (Å²) in [6.07, 6.45) is -2.66. The van der Waals surface area contributed by atoms with E-state index in [1.165, 1.54) is 29.8 Å². The number of fused-ring (bicyclic) bond motifs is 2. The fourth-order valence-corrected chi connectivity index (χ4v) is 6.63. The summed E-state index contributed by atoms with van der Waals surface area (Å²) in [5, 5.41) is 10.9. The Hall–Kier alpha value is -4.01. The number of alkyl halides is 3. The van der Waals surface area contributed by atoms with Crippen LogP contribution in [0, 0.1) is 6.92 Å². The van der Waals surface area contributed by atoms with E-state index in [2.05, 4.69) is 9.97 Å². The molecule has 5 rings (SSSR count). The maximum Gasteiger partial charge on any atom is 0.416 e. The standard InChI is InChI=1S/C27H19ClF3N3O6S2/c1-13-33-19-9-14(27(29,30)31)10-21(42(2,38)39)22(19)25(35)34(13)7-8-40-20-4-3-15(28)11-17(20)16-5-6-32-23-18(26(36)37)12-41-24(16)23/h3-6,9-12H,7-8H2,1-2H3,(H,36,37). The molecular formula is C27H19ClF3N3O6S2. The smallest absolute Gasteiger partial charge is 0.416 e. The van der Waals surface area contributed by atoms with Crippen molar-refractivity contribution in [3.8, 4) is 16.9 Å². The van der Waals surface area contributed by atoms with E-state index in [4.69, 9.17) is 16.3 Å². The molecule has 0 radical (unpaired) electrons. The van der Waals surface area contributed by atoms with Crippen molar-refractivity contribution in [3.05, 3.63) is 80.3 Å². The van der Waals surface area contributed by atoms with Crippen LogP contribution in [0.15, 0.2) is 57.7 Å². The number of pyridine rings is 1. The van der Waals surface area contributed by atoms with Gasteiger partial charge in [0.25, 0.3) is 5.56 Å². The second-order valence-electron chi connectivity index (χ2n) is 9.23. The number of hydrogen-bond acceptors (Lipinski definition) is 8. The Morgan fingerprint density at radius 2 is 1.90 bits per heavy atom. The predicted octanol–water partition coefficient (Wildman–Crippen LogP) is 5.83. The number of rotatable bonds is 7. The van der Waals surface area contributed by atoms with E-state index in [1.54, 1.807) is 24.3 Å². The first kappa shape index (κ1) is 29.5. The quantitative estimate of drug-likeness (QED) is 0.236. The molecule has 0 aliphatic heterocycles. The van der Waals surface area contributed by atoms with Crippen molar-refractivity contribution < 1.29 is 36.2 Å². The van der Waals surface area contributed by atoms with Gasteiger partial charge in [0.2, 0.25) is 0 Å². The molecule has 0 amide bonds. The first-order valence-corrected chi connectivity index (χ1v) is 15.2.